The summed E-state index contributed by atoms with van der Waals surface area (Å²) >= 11 is 0. The SMILES string of the molecule is COC1CC(N2CCNCC(C(F)(F)F)C2)C1. The molecule has 2 aliphatic rings. The van der Waals surface area contributed by atoms with E-state index in [0.717, 1.165) is 12.8 Å². The van der Waals surface area contributed by atoms with Gasteiger partial charge in [-0.2, -0.15) is 13.2 Å². The Morgan fingerprint density at radius 1 is 1.29 bits per heavy atom. The molecule has 2 rings (SSSR count). The third kappa shape index (κ3) is 3.11. The van der Waals surface area contributed by atoms with Crippen molar-refractivity contribution in [2.24, 2.45) is 5.92 Å². The van der Waals surface area contributed by atoms with E-state index < -0.39 is 12.1 Å². The zero-order valence-electron chi connectivity index (χ0n) is 9.96. The van der Waals surface area contributed by atoms with Gasteiger partial charge in [-0.25, -0.2) is 0 Å². The van der Waals surface area contributed by atoms with Crippen LogP contribution >= 0.6 is 0 Å². The largest absolute Gasteiger partial charge is 0.394 e. The highest BCUT2D eigenvalue weighted by molar-refractivity contribution is 4.91. The molecular weight excluding hydrogens is 233 g/mol. The van der Waals surface area contributed by atoms with Crippen LogP contribution in [0.15, 0.2) is 0 Å². The lowest BCUT2D eigenvalue weighted by Gasteiger charge is -2.42. The fraction of sp³-hybridized carbons (Fsp3) is 1.00. The highest BCUT2D eigenvalue weighted by Crippen LogP contribution is 2.32. The molecule has 100 valence electrons. The lowest BCUT2D eigenvalue weighted by Crippen LogP contribution is -2.50. The third-order valence-corrected chi connectivity index (χ3v) is 3.80. The molecule has 0 aromatic heterocycles. The van der Waals surface area contributed by atoms with Crippen LogP contribution in [0.1, 0.15) is 12.8 Å². The first-order chi connectivity index (χ1) is 8.00. The number of nitrogens with one attached hydrogen (secondary N) is 1. The van der Waals surface area contributed by atoms with Crippen LogP contribution in [0.5, 0.6) is 0 Å². The van der Waals surface area contributed by atoms with Gasteiger partial charge in [-0.15, -0.1) is 0 Å². The van der Waals surface area contributed by atoms with Gasteiger partial charge in [0.2, 0.25) is 0 Å². The minimum Gasteiger partial charge on any atom is -0.381 e. The zero-order chi connectivity index (χ0) is 12.5. The number of ether oxygens (including phenoxy) is 1. The van der Waals surface area contributed by atoms with Gasteiger partial charge in [-0.05, 0) is 12.8 Å². The van der Waals surface area contributed by atoms with E-state index in [-0.39, 0.29) is 25.2 Å². The molecule has 0 bridgehead atoms. The van der Waals surface area contributed by atoms with Crippen molar-refractivity contribution < 1.29 is 17.9 Å². The van der Waals surface area contributed by atoms with Gasteiger partial charge < -0.3 is 10.1 Å². The Kier molecular flexibility index (Phi) is 3.95. The van der Waals surface area contributed by atoms with Crippen LogP contribution in [0.25, 0.3) is 0 Å². The molecule has 1 aliphatic carbocycles. The predicted octanol–water partition coefficient (Wildman–Crippen LogP) is 1.25. The van der Waals surface area contributed by atoms with E-state index in [1.54, 1.807) is 7.11 Å². The highest BCUT2D eigenvalue weighted by Gasteiger charge is 2.43. The Morgan fingerprint density at radius 3 is 2.59 bits per heavy atom. The Morgan fingerprint density at radius 2 is 2.00 bits per heavy atom. The minimum absolute atomic E-state index is 0.0421. The topological polar surface area (TPSA) is 24.5 Å². The fourth-order valence-corrected chi connectivity index (χ4v) is 2.52. The first-order valence-electron chi connectivity index (χ1n) is 6.05. The van der Waals surface area contributed by atoms with Crippen LogP contribution < -0.4 is 5.32 Å². The Hall–Kier alpha value is -0.330. The summed E-state index contributed by atoms with van der Waals surface area (Å²) in [6.07, 6.45) is -2.14. The maximum Gasteiger partial charge on any atom is 0.394 e. The van der Waals surface area contributed by atoms with Crippen molar-refractivity contribution in [1.29, 1.82) is 0 Å². The van der Waals surface area contributed by atoms with E-state index in [2.05, 4.69) is 5.32 Å². The number of alkyl halides is 3. The van der Waals surface area contributed by atoms with Crippen molar-refractivity contribution in [2.45, 2.75) is 31.2 Å². The van der Waals surface area contributed by atoms with Crippen molar-refractivity contribution in [3.63, 3.8) is 0 Å². The molecule has 0 aromatic rings. The zero-order valence-corrected chi connectivity index (χ0v) is 9.96. The number of hydrogen-bond donors (Lipinski definition) is 1. The van der Waals surface area contributed by atoms with Crippen LogP contribution in [0.4, 0.5) is 13.2 Å². The number of methoxy groups -OCH3 is 1. The molecule has 0 spiro atoms. The first-order valence-corrected chi connectivity index (χ1v) is 6.05. The molecule has 2 fully saturated rings. The van der Waals surface area contributed by atoms with Crippen LogP contribution in [0.2, 0.25) is 0 Å². The quantitative estimate of drug-likeness (QED) is 0.800. The number of rotatable bonds is 2. The molecule has 1 saturated carbocycles. The van der Waals surface area contributed by atoms with E-state index in [4.69, 9.17) is 4.74 Å². The van der Waals surface area contributed by atoms with Gasteiger partial charge in [0.1, 0.15) is 0 Å². The molecule has 0 amide bonds. The van der Waals surface area contributed by atoms with Crippen molar-refractivity contribution in [2.75, 3.05) is 33.3 Å². The third-order valence-electron chi connectivity index (χ3n) is 3.80. The average molecular weight is 252 g/mol. The van der Waals surface area contributed by atoms with Gasteiger partial charge in [-0.1, -0.05) is 0 Å². The van der Waals surface area contributed by atoms with Crippen molar-refractivity contribution in [3.8, 4) is 0 Å². The van der Waals surface area contributed by atoms with E-state index in [1.807, 2.05) is 4.90 Å². The summed E-state index contributed by atoms with van der Waals surface area (Å²) in [5.41, 5.74) is 0. The molecule has 1 heterocycles. The summed E-state index contributed by atoms with van der Waals surface area (Å²) in [5.74, 6) is -1.24. The van der Waals surface area contributed by atoms with Gasteiger partial charge >= 0.3 is 6.18 Å². The van der Waals surface area contributed by atoms with Gasteiger partial charge in [-0.3, -0.25) is 4.90 Å². The molecule has 1 aliphatic heterocycles. The van der Waals surface area contributed by atoms with Crippen molar-refractivity contribution >= 4 is 0 Å². The molecule has 0 aromatic carbocycles. The molecule has 1 N–H and O–H groups in total. The van der Waals surface area contributed by atoms with Crippen molar-refractivity contribution in [1.82, 2.24) is 10.2 Å². The summed E-state index contributed by atoms with van der Waals surface area (Å²) in [4.78, 5) is 1.97. The first kappa shape index (κ1) is 13.1. The van der Waals surface area contributed by atoms with Gasteiger partial charge in [0, 0.05) is 39.3 Å². The summed E-state index contributed by atoms with van der Waals surface area (Å²) in [6, 6.07) is 0.268. The Balaban J connectivity index is 1.89. The second-order valence-electron chi connectivity index (χ2n) is 4.92. The fourth-order valence-electron chi connectivity index (χ4n) is 2.52. The molecule has 1 unspecified atom stereocenters. The van der Waals surface area contributed by atoms with E-state index in [1.165, 1.54) is 0 Å². The second kappa shape index (κ2) is 5.12. The predicted molar refractivity (Wildman–Crippen MR) is 57.8 cm³/mol. The molecule has 6 heteroatoms. The van der Waals surface area contributed by atoms with Gasteiger partial charge in [0.05, 0.1) is 12.0 Å². The summed E-state index contributed by atoms with van der Waals surface area (Å²) in [5, 5.41) is 2.87. The van der Waals surface area contributed by atoms with Crippen LogP contribution in [-0.4, -0.2) is 56.5 Å². The highest BCUT2D eigenvalue weighted by atomic mass is 19.4. The lowest BCUT2D eigenvalue weighted by molar-refractivity contribution is -0.179. The van der Waals surface area contributed by atoms with Crippen molar-refractivity contribution in [3.05, 3.63) is 0 Å². The molecular formula is C11H19F3N2O. The summed E-state index contributed by atoms with van der Waals surface area (Å²) in [6.45, 7) is 1.51. The van der Waals surface area contributed by atoms with E-state index in [0.29, 0.717) is 13.1 Å². The summed E-state index contributed by atoms with van der Waals surface area (Å²) < 4.78 is 43.4. The maximum absolute atomic E-state index is 12.7. The van der Waals surface area contributed by atoms with Crippen LogP contribution in [0.3, 0.4) is 0 Å². The normalized spacial score (nSPS) is 36.4. The number of nitrogens with zero attached hydrogens (tertiary/aromatic N) is 1. The molecule has 0 radical (unpaired) electrons. The van der Waals surface area contributed by atoms with E-state index >= 15 is 0 Å². The molecule has 17 heavy (non-hydrogen) atoms. The van der Waals surface area contributed by atoms with Crippen LogP contribution in [0, 0.1) is 5.92 Å². The monoisotopic (exact) mass is 252 g/mol. The van der Waals surface area contributed by atoms with Gasteiger partial charge in [0.15, 0.2) is 0 Å². The molecule has 1 atom stereocenters. The standard InChI is InChI=1S/C11H19F3N2O/c1-17-10-4-9(5-10)16-3-2-15-6-8(7-16)11(12,13)14/h8-10,15H,2-7H2,1H3. The second-order valence-corrected chi connectivity index (χ2v) is 4.92. The van der Waals surface area contributed by atoms with Gasteiger partial charge in [0.25, 0.3) is 0 Å². The smallest absolute Gasteiger partial charge is 0.381 e. The number of hydrogen-bond acceptors (Lipinski definition) is 3. The molecule has 3 nitrogen and oxygen atoms in total. The van der Waals surface area contributed by atoms with Crippen LogP contribution in [-0.2, 0) is 4.74 Å². The molecule has 1 saturated heterocycles. The maximum atomic E-state index is 12.7. The Bertz CT molecular complexity index is 254. The minimum atomic E-state index is -4.10. The average Bonchev–Trinajstić information content (AvgIpc) is 2.41. The Labute approximate surface area is 99.3 Å². The lowest BCUT2D eigenvalue weighted by atomic mass is 9.87. The number of halogens is 3. The van der Waals surface area contributed by atoms with E-state index in [9.17, 15) is 13.2 Å². The summed E-state index contributed by atoms with van der Waals surface area (Å²) in [7, 11) is 1.66.